The van der Waals surface area contributed by atoms with Crippen LogP contribution in [0.1, 0.15) is 84.0 Å². The highest BCUT2D eigenvalue weighted by Crippen LogP contribution is 2.44. The van der Waals surface area contributed by atoms with Crippen LogP contribution in [-0.2, 0) is 4.74 Å². The van der Waals surface area contributed by atoms with Crippen molar-refractivity contribution >= 4 is 0 Å². The number of ether oxygens (including phenoxy) is 1. The molecule has 20 heavy (non-hydrogen) atoms. The van der Waals surface area contributed by atoms with E-state index in [-0.39, 0.29) is 5.60 Å². The van der Waals surface area contributed by atoms with Gasteiger partial charge in [-0.25, -0.2) is 0 Å². The van der Waals surface area contributed by atoms with Crippen LogP contribution in [-0.4, -0.2) is 17.7 Å². The molecule has 2 saturated carbocycles. The highest BCUT2D eigenvalue weighted by atomic mass is 16.5. The molecule has 3 fully saturated rings. The summed E-state index contributed by atoms with van der Waals surface area (Å²) in [5, 5.41) is 0. The molecule has 0 radical (unpaired) electrons. The number of hydrogen-bond donors (Lipinski definition) is 1. The Morgan fingerprint density at radius 1 is 1.05 bits per heavy atom. The van der Waals surface area contributed by atoms with E-state index in [0.717, 1.165) is 11.8 Å². The predicted octanol–water partition coefficient (Wildman–Crippen LogP) is 4.41. The van der Waals surface area contributed by atoms with Crippen LogP contribution < -0.4 is 5.73 Å². The van der Waals surface area contributed by atoms with Crippen molar-refractivity contribution in [2.24, 2.45) is 17.6 Å². The zero-order chi connectivity index (χ0) is 14.0. The molecule has 0 aromatic carbocycles. The summed E-state index contributed by atoms with van der Waals surface area (Å²) in [4.78, 5) is 0. The second kappa shape index (κ2) is 6.36. The lowest BCUT2D eigenvalue weighted by molar-refractivity contribution is -0.0725. The number of rotatable bonds is 3. The molecule has 0 bridgehead atoms. The van der Waals surface area contributed by atoms with Crippen LogP contribution in [0.5, 0.6) is 0 Å². The maximum Gasteiger partial charge on any atom is 0.0687 e. The normalized spacial score (nSPS) is 41.1. The fourth-order valence-electron chi connectivity index (χ4n) is 4.99. The average molecular weight is 279 g/mol. The molecular weight excluding hydrogens is 246 g/mol. The van der Waals surface area contributed by atoms with Crippen molar-refractivity contribution < 1.29 is 4.74 Å². The first kappa shape index (κ1) is 14.8. The van der Waals surface area contributed by atoms with Crippen molar-refractivity contribution in [1.82, 2.24) is 0 Å². The average Bonchev–Trinajstić information content (AvgIpc) is 2.84. The van der Waals surface area contributed by atoms with Gasteiger partial charge in [0.1, 0.15) is 0 Å². The Morgan fingerprint density at radius 2 is 1.85 bits per heavy atom. The van der Waals surface area contributed by atoms with E-state index in [1.165, 1.54) is 77.0 Å². The van der Waals surface area contributed by atoms with Gasteiger partial charge in [0.25, 0.3) is 0 Å². The lowest BCUT2D eigenvalue weighted by Gasteiger charge is -2.37. The van der Waals surface area contributed by atoms with Crippen molar-refractivity contribution in [2.75, 3.05) is 0 Å². The molecule has 3 rings (SSSR count). The molecule has 2 nitrogen and oxygen atoms in total. The maximum absolute atomic E-state index is 6.55. The summed E-state index contributed by atoms with van der Waals surface area (Å²) >= 11 is 0. The van der Waals surface area contributed by atoms with Gasteiger partial charge >= 0.3 is 0 Å². The molecular formula is C18H33NO. The van der Waals surface area contributed by atoms with Crippen LogP contribution in [0.2, 0.25) is 0 Å². The molecule has 1 heterocycles. The molecule has 1 spiro atoms. The monoisotopic (exact) mass is 279 g/mol. The van der Waals surface area contributed by atoms with Gasteiger partial charge in [0.05, 0.1) is 11.7 Å². The van der Waals surface area contributed by atoms with Crippen molar-refractivity contribution in [1.29, 1.82) is 0 Å². The Labute approximate surface area is 124 Å². The summed E-state index contributed by atoms with van der Waals surface area (Å²) in [6, 6.07) is 0.435. The first-order chi connectivity index (χ1) is 9.71. The number of nitrogens with two attached hydrogens (primary N) is 1. The van der Waals surface area contributed by atoms with E-state index in [2.05, 4.69) is 6.92 Å². The van der Waals surface area contributed by atoms with Gasteiger partial charge in [-0.2, -0.15) is 0 Å². The summed E-state index contributed by atoms with van der Waals surface area (Å²) < 4.78 is 6.55. The molecule has 1 saturated heterocycles. The Morgan fingerprint density at radius 3 is 2.60 bits per heavy atom. The third-order valence-electron chi connectivity index (χ3n) is 6.40. The molecule has 2 aliphatic carbocycles. The minimum Gasteiger partial charge on any atom is -0.372 e. The zero-order valence-electron chi connectivity index (χ0n) is 13.3. The summed E-state index contributed by atoms with van der Waals surface area (Å²) in [5.74, 6) is 1.64. The molecule has 3 aliphatic rings. The molecule has 116 valence electrons. The molecule has 0 aromatic rings. The standard InChI is InChI=1S/C18H33NO/c1-2-14-6-7-17(19)15(12-14)13-16-8-11-18(20-16)9-4-3-5-10-18/h14-17H,2-13,19H2,1H3. The summed E-state index contributed by atoms with van der Waals surface area (Å²) in [5.41, 5.74) is 6.67. The summed E-state index contributed by atoms with van der Waals surface area (Å²) in [6.07, 6.45) is 16.4. The molecule has 2 N–H and O–H groups in total. The van der Waals surface area contributed by atoms with Crippen molar-refractivity contribution in [2.45, 2.75) is 102 Å². The van der Waals surface area contributed by atoms with Gasteiger partial charge in [-0.1, -0.05) is 32.6 Å². The fraction of sp³-hybridized carbons (Fsp3) is 1.00. The molecule has 4 unspecified atom stereocenters. The Hall–Kier alpha value is -0.0800. The van der Waals surface area contributed by atoms with Crippen LogP contribution in [0.25, 0.3) is 0 Å². The van der Waals surface area contributed by atoms with Crippen molar-refractivity contribution in [3.63, 3.8) is 0 Å². The van der Waals surface area contributed by atoms with Crippen LogP contribution in [0, 0.1) is 11.8 Å². The second-order valence-corrected chi connectivity index (χ2v) is 7.77. The van der Waals surface area contributed by atoms with E-state index in [1.54, 1.807) is 0 Å². The van der Waals surface area contributed by atoms with Crippen molar-refractivity contribution in [3.05, 3.63) is 0 Å². The third kappa shape index (κ3) is 3.22. The highest BCUT2D eigenvalue weighted by molar-refractivity contribution is 4.93. The van der Waals surface area contributed by atoms with E-state index < -0.39 is 0 Å². The van der Waals surface area contributed by atoms with Gasteiger partial charge in [0.2, 0.25) is 0 Å². The predicted molar refractivity (Wildman–Crippen MR) is 83.6 cm³/mol. The first-order valence-electron chi connectivity index (χ1n) is 9.14. The van der Waals surface area contributed by atoms with Gasteiger partial charge in [-0.3, -0.25) is 0 Å². The van der Waals surface area contributed by atoms with Gasteiger partial charge in [0.15, 0.2) is 0 Å². The second-order valence-electron chi connectivity index (χ2n) is 7.77. The van der Waals surface area contributed by atoms with Crippen LogP contribution in [0.15, 0.2) is 0 Å². The van der Waals surface area contributed by atoms with E-state index in [1.807, 2.05) is 0 Å². The van der Waals surface area contributed by atoms with Gasteiger partial charge in [0, 0.05) is 6.04 Å². The van der Waals surface area contributed by atoms with Crippen molar-refractivity contribution in [3.8, 4) is 0 Å². The van der Waals surface area contributed by atoms with E-state index in [0.29, 0.717) is 12.1 Å². The van der Waals surface area contributed by atoms with Gasteiger partial charge in [-0.15, -0.1) is 0 Å². The number of hydrogen-bond acceptors (Lipinski definition) is 2. The first-order valence-corrected chi connectivity index (χ1v) is 9.14. The Kier molecular flexibility index (Phi) is 4.72. The quantitative estimate of drug-likeness (QED) is 0.830. The third-order valence-corrected chi connectivity index (χ3v) is 6.40. The molecule has 0 amide bonds. The minimum absolute atomic E-state index is 0.284. The SMILES string of the molecule is CCC1CCC(N)C(CC2CCC3(CCCCC3)O2)C1. The largest absolute Gasteiger partial charge is 0.372 e. The molecule has 0 aromatic heterocycles. The lowest BCUT2D eigenvalue weighted by Crippen LogP contribution is -2.38. The van der Waals surface area contributed by atoms with Crippen LogP contribution in [0.4, 0.5) is 0 Å². The summed E-state index contributed by atoms with van der Waals surface area (Å²) in [6.45, 7) is 2.33. The van der Waals surface area contributed by atoms with Crippen LogP contribution >= 0.6 is 0 Å². The topological polar surface area (TPSA) is 35.2 Å². The minimum atomic E-state index is 0.284. The van der Waals surface area contributed by atoms with E-state index in [9.17, 15) is 0 Å². The smallest absolute Gasteiger partial charge is 0.0687 e. The summed E-state index contributed by atoms with van der Waals surface area (Å²) in [7, 11) is 0. The van der Waals surface area contributed by atoms with Gasteiger partial charge in [-0.05, 0) is 63.2 Å². The molecule has 4 atom stereocenters. The maximum atomic E-state index is 6.55. The van der Waals surface area contributed by atoms with E-state index >= 15 is 0 Å². The van der Waals surface area contributed by atoms with E-state index in [4.69, 9.17) is 10.5 Å². The molecule has 1 aliphatic heterocycles. The highest BCUT2D eigenvalue weighted by Gasteiger charge is 2.42. The Balaban J connectivity index is 1.53. The lowest BCUT2D eigenvalue weighted by atomic mass is 9.75. The molecule has 2 heteroatoms. The van der Waals surface area contributed by atoms with Gasteiger partial charge < -0.3 is 10.5 Å². The fourth-order valence-corrected chi connectivity index (χ4v) is 4.99. The Bertz CT molecular complexity index is 311. The van der Waals surface area contributed by atoms with Crippen LogP contribution in [0.3, 0.4) is 0 Å². The zero-order valence-corrected chi connectivity index (χ0v) is 13.3.